The van der Waals surface area contributed by atoms with Crippen molar-refractivity contribution in [1.29, 1.82) is 0 Å². The number of hydrogen-bond acceptors (Lipinski definition) is 3. The highest BCUT2D eigenvalue weighted by Crippen LogP contribution is 2.09. The molecule has 0 saturated carbocycles. The van der Waals surface area contributed by atoms with E-state index < -0.39 is 0 Å². The van der Waals surface area contributed by atoms with E-state index in [2.05, 4.69) is 15.6 Å². The van der Waals surface area contributed by atoms with E-state index in [1.807, 2.05) is 19.1 Å². The van der Waals surface area contributed by atoms with Crippen LogP contribution in [0.1, 0.15) is 22.3 Å². The molecule has 0 aliphatic heterocycles. The van der Waals surface area contributed by atoms with Gasteiger partial charge >= 0.3 is 0 Å². The Labute approximate surface area is 133 Å². The van der Waals surface area contributed by atoms with Crippen molar-refractivity contribution in [2.75, 3.05) is 11.9 Å². The number of aromatic nitrogens is 1. The van der Waals surface area contributed by atoms with Gasteiger partial charge in [0.25, 0.3) is 5.91 Å². The summed E-state index contributed by atoms with van der Waals surface area (Å²) in [5, 5.41) is 5.85. The lowest BCUT2D eigenvalue weighted by molar-refractivity contribution is -0.116. The summed E-state index contributed by atoms with van der Waals surface area (Å²) in [5.41, 5.74) is 1.60. The molecule has 2 rings (SSSR count). The number of pyridine rings is 1. The molecule has 0 atom stereocenters. The summed E-state index contributed by atoms with van der Waals surface area (Å²) >= 11 is 5.71. The summed E-state index contributed by atoms with van der Waals surface area (Å²) < 4.78 is 0. The van der Waals surface area contributed by atoms with Gasteiger partial charge in [0.1, 0.15) is 5.82 Å². The van der Waals surface area contributed by atoms with Gasteiger partial charge in [-0.25, -0.2) is 4.98 Å². The molecule has 2 amide bonds. The predicted octanol–water partition coefficient (Wildman–Crippen LogP) is 2.80. The van der Waals surface area contributed by atoms with E-state index in [4.69, 9.17) is 11.6 Å². The van der Waals surface area contributed by atoms with Crippen LogP contribution in [0, 0.1) is 6.92 Å². The molecular weight excluding hydrogens is 302 g/mol. The van der Waals surface area contributed by atoms with Crippen molar-refractivity contribution < 1.29 is 9.59 Å². The molecule has 22 heavy (non-hydrogen) atoms. The summed E-state index contributed by atoms with van der Waals surface area (Å²) in [4.78, 5) is 27.6. The summed E-state index contributed by atoms with van der Waals surface area (Å²) in [6, 6.07) is 10.5. The van der Waals surface area contributed by atoms with E-state index in [-0.39, 0.29) is 24.8 Å². The molecule has 1 heterocycles. The van der Waals surface area contributed by atoms with Crippen LogP contribution in [0.15, 0.2) is 42.6 Å². The van der Waals surface area contributed by atoms with Crippen molar-refractivity contribution in [3.8, 4) is 0 Å². The second-order valence-electron chi connectivity index (χ2n) is 4.79. The number of amides is 2. The Morgan fingerprint density at radius 3 is 2.73 bits per heavy atom. The monoisotopic (exact) mass is 317 g/mol. The zero-order chi connectivity index (χ0) is 15.9. The number of benzene rings is 1. The summed E-state index contributed by atoms with van der Waals surface area (Å²) in [7, 11) is 0. The molecule has 1 aromatic carbocycles. The van der Waals surface area contributed by atoms with Crippen molar-refractivity contribution in [3.63, 3.8) is 0 Å². The molecule has 0 unspecified atom stereocenters. The lowest BCUT2D eigenvalue weighted by Crippen LogP contribution is -2.27. The van der Waals surface area contributed by atoms with Crippen LogP contribution in [0.4, 0.5) is 5.82 Å². The lowest BCUT2D eigenvalue weighted by atomic mass is 10.1. The molecule has 114 valence electrons. The molecule has 0 bridgehead atoms. The molecule has 0 aliphatic rings. The van der Waals surface area contributed by atoms with Gasteiger partial charge in [-0.2, -0.15) is 0 Å². The molecular formula is C16H16ClN3O2. The number of halogens is 1. The summed E-state index contributed by atoms with van der Waals surface area (Å²) in [6.45, 7) is 2.18. The van der Waals surface area contributed by atoms with E-state index in [1.54, 1.807) is 24.3 Å². The average molecular weight is 318 g/mol. The fourth-order valence-corrected chi connectivity index (χ4v) is 1.94. The molecule has 1 aromatic heterocycles. The van der Waals surface area contributed by atoms with E-state index in [1.165, 1.54) is 6.20 Å². The van der Waals surface area contributed by atoms with Gasteiger partial charge in [-0.05, 0) is 31.2 Å². The fourth-order valence-electron chi connectivity index (χ4n) is 1.83. The maximum absolute atomic E-state index is 11.9. The Morgan fingerprint density at radius 1 is 1.23 bits per heavy atom. The molecule has 0 radical (unpaired) electrons. The Morgan fingerprint density at radius 2 is 2.05 bits per heavy atom. The molecule has 0 saturated heterocycles. The highest BCUT2D eigenvalue weighted by Gasteiger charge is 2.07. The quantitative estimate of drug-likeness (QED) is 0.890. The van der Waals surface area contributed by atoms with Gasteiger partial charge < -0.3 is 10.6 Å². The van der Waals surface area contributed by atoms with Crippen molar-refractivity contribution in [3.05, 3.63) is 58.7 Å². The first-order valence-corrected chi connectivity index (χ1v) is 7.18. The first kappa shape index (κ1) is 16.0. The SMILES string of the molecule is Cc1cccc(C(=O)NCCC(=O)Nc2ccc(Cl)cn2)c1. The Hall–Kier alpha value is -2.40. The molecule has 6 heteroatoms. The minimum absolute atomic E-state index is 0.169. The highest BCUT2D eigenvalue weighted by atomic mass is 35.5. The number of carbonyl (C=O) groups excluding carboxylic acids is 2. The van der Waals surface area contributed by atoms with Crippen LogP contribution in [0.25, 0.3) is 0 Å². The number of carbonyl (C=O) groups is 2. The number of anilines is 1. The summed E-state index contributed by atoms with van der Waals surface area (Å²) in [6.07, 6.45) is 1.62. The predicted molar refractivity (Wildman–Crippen MR) is 86.0 cm³/mol. The fraction of sp³-hybridized carbons (Fsp3) is 0.188. The first-order valence-electron chi connectivity index (χ1n) is 6.81. The van der Waals surface area contributed by atoms with E-state index in [9.17, 15) is 9.59 Å². The zero-order valence-corrected chi connectivity index (χ0v) is 12.9. The van der Waals surface area contributed by atoms with Crippen LogP contribution in [-0.2, 0) is 4.79 Å². The molecule has 0 spiro atoms. The van der Waals surface area contributed by atoms with Crippen molar-refractivity contribution in [2.24, 2.45) is 0 Å². The molecule has 2 N–H and O–H groups in total. The van der Waals surface area contributed by atoms with Crippen LogP contribution in [-0.4, -0.2) is 23.3 Å². The van der Waals surface area contributed by atoms with Gasteiger partial charge in [0.15, 0.2) is 0 Å². The van der Waals surface area contributed by atoms with Gasteiger partial charge in [0, 0.05) is 24.7 Å². The van der Waals surface area contributed by atoms with Gasteiger partial charge in [0.2, 0.25) is 5.91 Å². The van der Waals surface area contributed by atoms with Crippen molar-refractivity contribution in [1.82, 2.24) is 10.3 Å². The second-order valence-corrected chi connectivity index (χ2v) is 5.22. The Balaban J connectivity index is 1.77. The minimum atomic E-state index is -0.223. The van der Waals surface area contributed by atoms with Crippen LogP contribution in [0.2, 0.25) is 5.02 Å². The third-order valence-corrected chi connectivity index (χ3v) is 3.14. The number of rotatable bonds is 5. The molecule has 5 nitrogen and oxygen atoms in total. The molecule has 0 fully saturated rings. The standard InChI is InChI=1S/C16H16ClN3O2/c1-11-3-2-4-12(9-11)16(22)18-8-7-15(21)20-14-6-5-13(17)10-19-14/h2-6,9-10H,7-8H2,1H3,(H,18,22)(H,19,20,21). The van der Waals surface area contributed by atoms with Crippen LogP contribution >= 0.6 is 11.6 Å². The normalized spacial score (nSPS) is 10.1. The lowest BCUT2D eigenvalue weighted by Gasteiger charge is -2.07. The maximum atomic E-state index is 11.9. The smallest absolute Gasteiger partial charge is 0.251 e. The van der Waals surface area contributed by atoms with Crippen LogP contribution in [0.5, 0.6) is 0 Å². The number of nitrogens with one attached hydrogen (secondary N) is 2. The van der Waals surface area contributed by atoms with Crippen LogP contribution < -0.4 is 10.6 Å². The van der Waals surface area contributed by atoms with E-state index in [0.717, 1.165) is 5.56 Å². The van der Waals surface area contributed by atoms with Gasteiger partial charge in [0.05, 0.1) is 5.02 Å². The Kier molecular flexibility index (Phi) is 5.49. The highest BCUT2D eigenvalue weighted by molar-refractivity contribution is 6.30. The topological polar surface area (TPSA) is 71.1 Å². The average Bonchev–Trinajstić information content (AvgIpc) is 2.49. The third kappa shape index (κ3) is 4.86. The second kappa shape index (κ2) is 7.56. The maximum Gasteiger partial charge on any atom is 0.251 e. The van der Waals surface area contributed by atoms with Crippen LogP contribution in [0.3, 0.4) is 0 Å². The van der Waals surface area contributed by atoms with Gasteiger partial charge in [-0.15, -0.1) is 0 Å². The first-order chi connectivity index (χ1) is 10.5. The molecule has 2 aromatic rings. The minimum Gasteiger partial charge on any atom is -0.352 e. The number of aryl methyl sites for hydroxylation is 1. The zero-order valence-electron chi connectivity index (χ0n) is 12.1. The van der Waals surface area contributed by atoms with E-state index in [0.29, 0.717) is 16.4 Å². The largest absolute Gasteiger partial charge is 0.352 e. The number of nitrogens with zero attached hydrogens (tertiary/aromatic N) is 1. The van der Waals surface area contributed by atoms with Crippen molar-refractivity contribution >= 4 is 29.2 Å². The third-order valence-electron chi connectivity index (χ3n) is 2.91. The summed E-state index contributed by atoms with van der Waals surface area (Å²) in [5.74, 6) is 0.0138. The van der Waals surface area contributed by atoms with Gasteiger partial charge in [-0.3, -0.25) is 9.59 Å². The molecule has 0 aliphatic carbocycles. The number of hydrogen-bond donors (Lipinski definition) is 2. The van der Waals surface area contributed by atoms with Crippen molar-refractivity contribution in [2.45, 2.75) is 13.3 Å². The van der Waals surface area contributed by atoms with E-state index >= 15 is 0 Å². The van der Waals surface area contributed by atoms with Gasteiger partial charge in [-0.1, -0.05) is 29.3 Å². The Bertz CT molecular complexity index is 671.